The standard InChI is InChI=1S/C20H18F3N5O3S/c21-14-2-5-16(6-3-14)28(20(29)27-7-9-32(30)10-8-27)12-15-4-1-13(11-24-15)18-25-26-19(31-18)17(22)23/h1-6,11,17H,7-10,12H2. The van der Waals surface area contributed by atoms with Gasteiger partial charge in [-0.3, -0.25) is 14.1 Å². The summed E-state index contributed by atoms with van der Waals surface area (Å²) < 4.78 is 55.3. The highest BCUT2D eigenvalue weighted by molar-refractivity contribution is 7.85. The Bertz CT molecular complexity index is 1100. The van der Waals surface area contributed by atoms with Crippen LogP contribution in [0.1, 0.15) is 18.0 Å². The number of hydrogen-bond acceptors (Lipinski definition) is 6. The smallest absolute Gasteiger partial charge is 0.324 e. The van der Waals surface area contributed by atoms with Crippen LogP contribution in [0.4, 0.5) is 23.7 Å². The summed E-state index contributed by atoms with van der Waals surface area (Å²) in [5, 5.41) is 6.87. The third-order valence-electron chi connectivity index (χ3n) is 4.84. The summed E-state index contributed by atoms with van der Waals surface area (Å²) in [6.45, 7) is 0.800. The number of alkyl halides is 2. The van der Waals surface area contributed by atoms with Gasteiger partial charge in [-0.25, -0.2) is 9.18 Å². The SMILES string of the molecule is O=C(N1CCS(=O)CC1)N(Cc1ccc(-c2nnc(C(F)F)o2)cn1)c1ccc(F)cc1. The summed E-state index contributed by atoms with van der Waals surface area (Å²) in [4.78, 5) is 20.5. The van der Waals surface area contributed by atoms with Crippen molar-refractivity contribution in [1.29, 1.82) is 0 Å². The maximum atomic E-state index is 13.4. The summed E-state index contributed by atoms with van der Waals surface area (Å²) in [5.41, 5.74) is 1.33. The Kier molecular flexibility index (Phi) is 6.49. The molecule has 3 heterocycles. The number of pyridine rings is 1. The Morgan fingerprint density at radius 2 is 1.84 bits per heavy atom. The third-order valence-corrected chi connectivity index (χ3v) is 6.11. The van der Waals surface area contributed by atoms with Gasteiger partial charge in [0.2, 0.25) is 5.89 Å². The first-order valence-corrected chi connectivity index (χ1v) is 11.1. The Morgan fingerprint density at radius 1 is 1.12 bits per heavy atom. The van der Waals surface area contributed by atoms with E-state index in [-0.39, 0.29) is 18.5 Å². The normalized spacial score (nSPS) is 14.7. The Hall–Kier alpha value is -3.28. The van der Waals surface area contributed by atoms with Crippen LogP contribution in [0.15, 0.2) is 47.0 Å². The van der Waals surface area contributed by atoms with Crippen LogP contribution < -0.4 is 4.90 Å². The molecule has 0 unspecified atom stereocenters. The van der Waals surface area contributed by atoms with Crippen molar-refractivity contribution < 1.29 is 26.6 Å². The van der Waals surface area contributed by atoms with E-state index in [0.29, 0.717) is 41.5 Å². The van der Waals surface area contributed by atoms with Gasteiger partial charge in [-0.05, 0) is 36.4 Å². The lowest BCUT2D eigenvalue weighted by atomic mass is 10.2. The molecule has 168 valence electrons. The van der Waals surface area contributed by atoms with Crippen LogP contribution in [-0.4, -0.2) is 54.9 Å². The van der Waals surface area contributed by atoms with E-state index in [1.54, 1.807) is 17.0 Å². The molecule has 0 radical (unpaired) electrons. The lowest BCUT2D eigenvalue weighted by Crippen LogP contribution is -2.48. The molecule has 4 rings (SSSR count). The van der Waals surface area contributed by atoms with Crippen molar-refractivity contribution in [2.75, 3.05) is 29.5 Å². The van der Waals surface area contributed by atoms with E-state index < -0.39 is 28.9 Å². The average Bonchev–Trinajstić information content (AvgIpc) is 3.29. The summed E-state index contributed by atoms with van der Waals surface area (Å²) in [6.07, 6.45) is -1.49. The van der Waals surface area contributed by atoms with Gasteiger partial charge in [-0.2, -0.15) is 8.78 Å². The number of benzene rings is 1. The number of nitrogens with zero attached hydrogens (tertiary/aromatic N) is 5. The molecular weight excluding hydrogens is 447 g/mol. The second-order valence-corrected chi connectivity index (χ2v) is 8.66. The molecule has 2 amide bonds. The molecule has 8 nitrogen and oxygen atoms in total. The molecule has 1 aliphatic heterocycles. The summed E-state index contributed by atoms with van der Waals surface area (Å²) in [5.74, 6) is -0.493. The van der Waals surface area contributed by atoms with Crippen LogP contribution in [0.3, 0.4) is 0 Å². The topological polar surface area (TPSA) is 92.4 Å². The first-order valence-electron chi connectivity index (χ1n) is 9.64. The van der Waals surface area contributed by atoms with E-state index in [4.69, 9.17) is 4.42 Å². The van der Waals surface area contributed by atoms with Crippen molar-refractivity contribution in [3.8, 4) is 11.5 Å². The fourth-order valence-electron chi connectivity index (χ4n) is 3.14. The summed E-state index contributed by atoms with van der Waals surface area (Å²) in [6, 6.07) is 8.38. The average molecular weight is 465 g/mol. The van der Waals surface area contributed by atoms with Gasteiger partial charge >= 0.3 is 12.5 Å². The highest BCUT2D eigenvalue weighted by Crippen LogP contribution is 2.24. The van der Waals surface area contributed by atoms with E-state index in [1.807, 2.05) is 0 Å². The maximum Gasteiger partial charge on any atom is 0.324 e. The van der Waals surface area contributed by atoms with Gasteiger partial charge in [-0.15, -0.1) is 10.2 Å². The number of amides is 2. The van der Waals surface area contributed by atoms with Crippen molar-refractivity contribution in [2.45, 2.75) is 13.0 Å². The molecule has 2 aromatic heterocycles. The summed E-state index contributed by atoms with van der Waals surface area (Å²) in [7, 11) is -0.940. The minimum atomic E-state index is -2.87. The monoisotopic (exact) mass is 465 g/mol. The molecule has 0 N–H and O–H groups in total. The van der Waals surface area contributed by atoms with Crippen LogP contribution in [0.2, 0.25) is 0 Å². The third kappa shape index (κ3) is 4.96. The predicted octanol–water partition coefficient (Wildman–Crippen LogP) is 3.40. The zero-order valence-electron chi connectivity index (χ0n) is 16.7. The van der Waals surface area contributed by atoms with E-state index in [0.717, 1.165) is 0 Å². The van der Waals surface area contributed by atoms with Crippen LogP contribution in [0.5, 0.6) is 0 Å². The van der Waals surface area contributed by atoms with E-state index in [9.17, 15) is 22.2 Å². The number of urea groups is 1. The highest BCUT2D eigenvalue weighted by Gasteiger charge is 2.26. The fourth-order valence-corrected chi connectivity index (χ4v) is 4.19. The molecule has 0 spiro atoms. The lowest BCUT2D eigenvalue weighted by molar-refractivity contribution is 0.116. The molecule has 0 bridgehead atoms. The van der Waals surface area contributed by atoms with E-state index in [2.05, 4.69) is 15.2 Å². The number of anilines is 1. The van der Waals surface area contributed by atoms with Gasteiger partial charge in [0.25, 0.3) is 5.89 Å². The number of rotatable bonds is 5. The molecular formula is C20H18F3N5O3S. The number of halogens is 3. The Labute approximate surface area is 183 Å². The quantitative estimate of drug-likeness (QED) is 0.574. The van der Waals surface area contributed by atoms with Crippen LogP contribution in [0.25, 0.3) is 11.5 Å². The molecule has 1 saturated heterocycles. The molecule has 32 heavy (non-hydrogen) atoms. The lowest BCUT2D eigenvalue weighted by Gasteiger charge is -2.32. The van der Waals surface area contributed by atoms with Crippen molar-refractivity contribution in [2.24, 2.45) is 0 Å². The second-order valence-electron chi connectivity index (χ2n) is 6.96. The first kappa shape index (κ1) is 21.9. The van der Waals surface area contributed by atoms with Gasteiger partial charge in [0, 0.05) is 47.3 Å². The fraction of sp³-hybridized carbons (Fsp3) is 0.300. The molecule has 12 heteroatoms. The van der Waals surface area contributed by atoms with Crippen molar-refractivity contribution >= 4 is 22.5 Å². The Morgan fingerprint density at radius 3 is 2.44 bits per heavy atom. The molecule has 1 aliphatic rings. The van der Waals surface area contributed by atoms with Gasteiger partial charge in [0.1, 0.15) is 5.82 Å². The Balaban J connectivity index is 1.55. The minimum absolute atomic E-state index is 0.0798. The van der Waals surface area contributed by atoms with Crippen LogP contribution in [0, 0.1) is 5.82 Å². The van der Waals surface area contributed by atoms with E-state index in [1.165, 1.54) is 35.4 Å². The van der Waals surface area contributed by atoms with Crippen molar-refractivity contribution in [3.63, 3.8) is 0 Å². The van der Waals surface area contributed by atoms with E-state index >= 15 is 0 Å². The molecule has 0 atom stereocenters. The van der Waals surface area contributed by atoms with Gasteiger partial charge in [0.05, 0.1) is 17.8 Å². The second kappa shape index (κ2) is 9.47. The number of hydrogen-bond donors (Lipinski definition) is 0. The van der Waals surface area contributed by atoms with Crippen LogP contribution >= 0.6 is 0 Å². The number of carbonyl (C=O) groups excluding carboxylic acids is 1. The largest absolute Gasteiger partial charge is 0.415 e. The molecule has 1 fully saturated rings. The maximum absolute atomic E-state index is 13.4. The molecule has 0 saturated carbocycles. The first-order chi connectivity index (χ1) is 15.4. The van der Waals surface area contributed by atoms with Gasteiger partial charge < -0.3 is 9.32 Å². The molecule has 0 aliphatic carbocycles. The van der Waals surface area contributed by atoms with Crippen LogP contribution in [-0.2, 0) is 17.3 Å². The predicted molar refractivity (Wildman–Crippen MR) is 110 cm³/mol. The van der Waals surface area contributed by atoms with Crippen molar-refractivity contribution in [1.82, 2.24) is 20.1 Å². The van der Waals surface area contributed by atoms with Gasteiger partial charge in [0.15, 0.2) is 0 Å². The zero-order valence-corrected chi connectivity index (χ0v) is 17.5. The molecule has 3 aromatic rings. The highest BCUT2D eigenvalue weighted by atomic mass is 32.2. The van der Waals surface area contributed by atoms with Gasteiger partial charge in [-0.1, -0.05) is 0 Å². The zero-order chi connectivity index (χ0) is 22.7. The number of carbonyl (C=O) groups is 1. The molecule has 1 aromatic carbocycles. The number of aromatic nitrogens is 3. The minimum Gasteiger partial charge on any atom is -0.415 e. The van der Waals surface area contributed by atoms with Crippen molar-refractivity contribution in [3.05, 3.63) is 60.0 Å². The summed E-state index contributed by atoms with van der Waals surface area (Å²) >= 11 is 0.